The van der Waals surface area contributed by atoms with Crippen molar-refractivity contribution in [3.05, 3.63) is 118 Å². The van der Waals surface area contributed by atoms with Gasteiger partial charge in [0.2, 0.25) is 0 Å². The molecular formula is C46H58O8. The van der Waals surface area contributed by atoms with E-state index >= 15 is 0 Å². The molecule has 0 aromatic heterocycles. The summed E-state index contributed by atoms with van der Waals surface area (Å²) in [4.78, 5) is 27.0. The first-order valence-corrected chi connectivity index (χ1v) is 19.4. The van der Waals surface area contributed by atoms with Crippen molar-refractivity contribution in [2.75, 3.05) is 13.2 Å². The fourth-order valence-corrected chi connectivity index (χ4v) is 7.05. The summed E-state index contributed by atoms with van der Waals surface area (Å²) in [5, 5.41) is 41.7. The van der Waals surface area contributed by atoms with Crippen LogP contribution in [-0.4, -0.2) is 45.6 Å². The van der Waals surface area contributed by atoms with Crippen LogP contribution in [0, 0.1) is 0 Å². The third-order valence-electron chi connectivity index (χ3n) is 10.7. The second-order valence-corrected chi connectivity index (χ2v) is 14.8. The zero-order chi connectivity index (χ0) is 39.3. The van der Waals surface area contributed by atoms with Crippen molar-refractivity contribution in [3.8, 4) is 23.0 Å². The van der Waals surface area contributed by atoms with Crippen LogP contribution in [0.3, 0.4) is 0 Å². The van der Waals surface area contributed by atoms with E-state index in [9.17, 15) is 30.0 Å². The molecule has 0 aliphatic rings. The van der Waals surface area contributed by atoms with Crippen LogP contribution in [0.5, 0.6) is 23.0 Å². The Hall–Kier alpha value is -4.98. The Morgan fingerprint density at radius 3 is 1.15 bits per heavy atom. The van der Waals surface area contributed by atoms with E-state index in [2.05, 4.69) is 20.8 Å². The standard InChI is InChI=1S/C46H58O8/c1-6-9-12-32-27-36(17-22-40(32)48)45(4,35-15-20-39(47)21-16-35)30-43(51)53-25-26-54-44(52)31-46(5,37-18-23-41(49)33(28-37)13-10-7-2)38-19-24-42(50)34(29-38)14-11-8-3/h15-24,27-29,47-50H,6-14,25-26,30-31H2,1-5H3. The lowest BCUT2D eigenvalue weighted by molar-refractivity contribution is -0.153. The van der Waals surface area contributed by atoms with Gasteiger partial charge in [-0.2, -0.15) is 0 Å². The number of benzene rings is 4. The molecule has 54 heavy (non-hydrogen) atoms. The van der Waals surface area contributed by atoms with Gasteiger partial charge in [0.25, 0.3) is 0 Å². The Balaban J connectivity index is 1.50. The number of esters is 2. The smallest absolute Gasteiger partial charge is 0.307 e. The third-order valence-corrected chi connectivity index (χ3v) is 10.7. The molecule has 0 amide bonds. The van der Waals surface area contributed by atoms with Crippen molar-refractivity contribution >= 4 is 11.9 Å². The van der Waals surface area contributed by atoms with Crippen molar-refractivity contribution in [2.45, 2.75) is 116 Å². The Bertz CT molecular complexity index is 1790. The number of carbonyl (C=O) groups excluding carboxylic acids is 2. The second-order valence-electron chi connectivity index (χ2n) is 14.8. The molecule has 0 saturated carbocycles. The van der Waals surface area contributed by atoms with Crippen LogP contribution in [0.1, 0.15) is 125 Å². The maximum absolute atomic E-state index is 13.6. The van der Waals surface area contributed by atoms with Gasteiger partial charge in [-0.3, -0.25) is 9.59 Å². The van der Waals surface area contributed by atoms with Gasteiger partial charge >= 0.3 is 11.9 Å². The first-order chi connectivity index (χ1) is 25.8. The second kappa shape index (κ2) is 19.4. The molecule has 8 heteroatoms. The maximum atomic E-state index is 13.6. The van der Waals surface area contributed by atoms with Crippen molar-refractivity contribution in [1.82, 2.24) is 0 Å². The number of aryl methyl sites for hydroxylation is 3. The van der Waals surface area contributed by atoms with Gasteiger partial charge in [0.1, 0.15) is 36.2 Å². The molecule has 0 spiro atoms. The van der Waals surface area contributed by atoms with Crippen molar-refractivity contribution < 1.29 is 39.5 Å². The van der Waals surface area contributed by atoms with E-state index < -0.39 is 22.8 Å². The highest BCUT2D eigenvalue weighted by atomic mass is 16.6. The summed E-state index contributed by atoms with van der Waals surface area (Å²) in [5.41, 5.74) is 4.09. The molecule has 290 valence electrons. The Labute approximate surface area is 320 Å². The molecule has 8 nitrogen and oxygen atoms in total. The quantitative estimate of drug-likeness (QED) is 0.0520. The molecule has 1 atom stereocenters. The van der Waals surface area contributed by atoms with Crippen LogP contribution >= 0.6 is 0 Å². The van der Waals surface area contributed by atoms with E-state index in [1.54, 1.807) is 42.5 Å². The summed E-state index contributed by atoms with van der Waals surface area (Å²) in [6.45, 7) is 9.93. The topological polar surface area (TPSA) is 134 Å². The van der Waals surface area contributed by atoms with Gasteiger partial charge in [0, 0.05) is 10.8 Å². The van der Waals surface area contributed by atoms with Gasteiger partial charge < -0.3 is 29.9 Å². The molecule has 0 aliphatic carbocycles. The summed E-state index contributed by atoms with van der Waals surface area (Å²) in [6.07, 6.45) is 7.75. The zero-order valence-electron chi connectivity index (χ0n) is 32.6. The average Bonchev–Trinajstić information content (AvgIpc) is 3.15. The number of unbranched alkanes of at least 4 members (excludes halogenated alkanes) is 3. The zero-order valence-corrected chi connectivity index (χ0v) is 32.6. The van der Waals surface area contributed by atoms with Crippen LogP contribution in [0.25, 0.3) is 0 Å². The summed E-state index contributed by atoms with van der Waals surface area (Å²) in [6, 6.07) is 23.1. The maximum Gasteiger partial charge on any atom is 0.307 e. The van der Waals surface area contributed by atoms with Gasteiger partial charge in [-0.25, -0.2) is 0 Å². The largest absolute Gasteiger partial charge is 0.508 e. The molecule has 4 rings (SSSR count). The minimum atomic E-state index is -0.844. The lowest BCUT2D eigenvalue weighted by Crippen LogP contribution is -2.30. The summed E-state index contributed by atoms with van der Waals surface area (Å²) >= 11 is 0. The SMILES string of the molecule is CCCCc1cc(C(C)(CC(=O)OCCOC(=O)CC(C)(c2ccc(O)c(CCCC)c2)c2ccc(O)c(CCCC)c2)c2ccc(O)cc2)ccc1O. The highest BCUT2D eigenvalue weighted by Gasteiger charge is 2.35. The van der Waals surface area contributed by atoms with E-state index in [0.717, 1.165) is 77.5 Å². The van der Waals surface area contributed by atoms with Crippen molar-refractivity contribution in [1.29, 1.82) is 0 Å². The molecule has 0 heterocycles. The predicted molar refractivity (Wildman–Crippen MR) is 212 cm³/mol. The van der Waals surface area contributed by atoms with Crippen molar-refractivity contribution in [3.63, 3.8) is 0 Å². The van der Waals surface area contributed by atoms with Crippen LogP contribution in [0.4, 0.5) is 0 Å². The lowest BCUT2D eigenvalue weighted by Gasteiger charge is -2.31. The number of hydrogen-bond acceptors (Lipinski definition) is 8. The molecule has 4 aromatic carbocycles. The molecular weight excluding hydrogens is 680 g/mol. The molecule has 4 aromatic rings. The lowest BCUT2D eigenvalue weighted by atomic mass is 9.72. The van der Waals surface area contributed by atoms with Gasteiger partial charge in [-0.05, 0) is 108 Å². The van der Waals surface area contributed by atoms with E-state index in [4.69, 9.17) is 9.47 Å². The van der Waals surface area contributed by atoms with Crippen LogP contribution in [-0.2, 0) is 49.2 Å². The normalized spacial score (nSPS) is 12.6. The molecule has 0 aliphatic heterocycles. The number of carbonyl (C=O) groups is 2. The first-order valence-electron chi connectivity index (χ1n) is 19.4. The van der Waals surface area contributed by atoms with Gasteiger partial charge in [-0.1, -0.05) is 102 Å². The number of phenols is 4. The fraction of sp³-hybridized carbons (Fsp3) is 0.435. The third kappa shape index (κ3) is 10.6. The average molecular weight is 739 g/mol. The summed E-state index contributed by atoms with van der Waals surface area (Å²) in [5.74, 6) is -0.195. The first kappa shape index (κ1) is 41.8. The van der Waals surface area contributed by atoms with E-state index in [0.29, 0.717) is 19.3 Å². The molecule has 0 saturated heterocycles. The molecule has 1 unspecified atom stereocenters. The highest BCUT2D eigenvalue weighted by molar-refractivity contribution is 5.74. The minimum Gasteiger partial charge on any atom is -0.508 e. The Morgan fingerprint density at radius 2 is 0.815 bits per heavy atom. The summed E-state index contributed by atoms with van der Waals surface area (Å²) < 4.78 is 11.3. The van der Waals surface area contributed by atoms with Crippen molar-refractivity contribution in [2.24, 2.45) is 0 Å². The fourth-order valence-electron chi connectivity index (χ4n) is 7.05. The number of hydrogen-bond donors (Lipinski definition) is 4. The Kier molecular flexibility index (Phi) is 15.0. The number of phenolic OH excluding ortho intramolecular Hbond substituents is 4. The van der Waals surface area contributed by atoms with Gasteiger partial charge in [0.05, 0.1) is 12.8 Å². The molecule has 4 N–H and O–H groups in total. The van der Waals surface area contributed by atoms with E-state index in [-0.39, 0.29) is 49.1 Å². The number of ether oxygens (including phenoxy) is 2. The minimum absolute atomic E-state index is 0.0168. The monoisotopic (exact) mass is 738 g/mol. The van der Waals surface area contributed by atoms with Gasteiger partial charge in [-0.15, -0.1) is 0 Å². The summed E-state index contributed by atoms with van der Waals surface area (Å²) in [7, 11) is 0. The van der Waals surface area contributed by atoms with Gasteiger partial charge in [0.15, 0.2) is 0 Å². The van der Waals surface area contributed by atoms with Crippen LogP contribution in [0.15, 0.2) is 78.9 Å². The van der Waals surface area contributed by atoms with Crippen LogP contribution in [0.2, 0.25) is 0 Å². The Morgan fingerprint density at radius 1 is 0.500 bits per heavy atom. The van der Waals surface area contributed by atoms with E-state index in [1.165, 1.54) is 0 Å². The molecule has 0 radical (unpaired) electrons. The van der Waals surface area contributed by atoms with Crippen LogP contribution < -0.4 is 0 Å². The predicted octanol–water partition coefficient (Wildman–Crippen LogP) is 9.72. The van der Waals surface area contributed by atoms with E-state index in [1.807, 2.05) is 50.2 Å². The molecule has 0 fully saturated rings. The highest BCUT2D eigenvalue weighted by Crippen LogP contribution is 2.41. The number of rotatable bonds is 20. The number of aromatic hydroxyl groups is 4. The molecule has 0 bridgehead atoms.